The number of benzene rings is 1. The smallest absolute Gasteiger partial charge is 0.0795 e. The van der Waals surface area contributed by atoms with Gasteiger partial charge in [-0.3, -0.25) is 0 Å². The minimum atomic E-state index is -0.198. The number of hydrogen-bond donors (Lipinski definition) is 1. The summed E-state index contributed by atoms with van der Waals surface area (Å²) in [6, 6.07) is 8.10. The zero-order chi connectivity index (χ0) is 8.97. The molecule has 1 nitrogen and oxygen atoms in total. The maximum absolute atomic E-state index is 9.38. The Morgan fingerprint density at radius 2 is 1.92 bits per heavy atom. The van der Waals surface area contributed by atoms with Gasteiger partial charge in [0.1, 0.15) is 0 Å². The predicted octanol–water partition coefficient (Wildman–Crippen LogP) is 2.69. The van der Waals surface area contributed by atoms with Gasteiger partial charge in [0.2, 0.25) is 0 Å². The summed E-state index contributed by atoms with van der Waals surface area (Å²) in [5, 5.41) is 9.38. The molecule has 0 radical (unpaired) electrons. The standard InChI is InChI=1S/C9H10O.C2H6/c10-9-6-5-7-3-1-2-4-8(7)9;1-2/h1-4,9-10H,5-6H2;1-2H3/t9-;/m0./s1. The van der Waals surface area contributed by atoms with Crippen molar-refractivity contribution in [2.75, 3.05) is 0 Å². The van der Waals surface area contributed by atoms with Gasteiger partial charge >= 0.3 is 0 Å². The molecule has 0 spiro atoms. The molecule has 1 N–H and O–H groups in total. The van der Waals surface area contributed by atoms with Crippen LogP contribution in [0, 0.1) is 0 Å². The van der Waals surface area contributed by atoms with Crippen LogP contribution in [0.4, 0.5) is 0 Å². The van der Waals surface area contributed by atoms with Crippen molar-refractivity contribution in [2.45, 2.75) is 32.8 Å². The highest BCUT2D eigenvalue weighted by Gasteiger charge is 2.18. The van der Waals surface area contributed by atoms with Crippen LogP contribution in [0.2, 0.25) is 0 Å². The molecule has 1 aliphatic carbocycles. The van der Waals surface area contributed by atoms with E-state index in [-0.39, 0.29) is 6.10 Å². The average Bonchev–Trinajstić information content (AvgIpc) is 2.53. The molecule has 0 saturated carbocycles. The lowest BCUT2D eigenvalue weighted by atomic mass is 10.1. The first-order valence-corrected chi connectivity index (χ1v) is 4.64. The van der Waals surface area contributed by atoms with Gasteiger partial charge < -0.3 is 5.11 Å². The number of rotatable bonds is 0. The van der Waals surface area contributed by atoms with E-state index in [9.17, 15) is 5.11 Å². The van der Waals surface area contributed by atoms with Gasteiger partial charge in [0, 0.05) is 0 Å². The van der Waals surface area contributed by atoms with Gasteiger partial charge in [0.15, 0.2) is 0 Å². The molecule has 0 unspecified atom stereocenters. The van der Waals surface area contributed by atoms with Crippen LogP contribution in [0.5, 0.6) is 0 Å². The van der Waals surface area contributed by atoms with Crippen molar-refractivity contribution in [1.82, 2.24) is 0 Å². The van der Waals surface area contributed by atoms with Crippen LogP contribution in [0.3, 0.4) is 0 Å². The fraction of sp³-hybridized carbons (Fsp3) is 0.455. The van der Waals surface area contributed by atoms with Gasteiger partial charge in [-0.2, -0.15) is 0 Å². The lowest BCUT2D eigenvalue weighted by molar-refractivity contribution is 0.180. The summed E-state index contributed by atoms with van der Waals surface area (Å²) in [5.41, 5.74) is 2.44. The molecule has 0 aliphatic heterocycles. The van der Waals surface area contributed by atoms with Crippen LogP contribution in [-0.2, 0) is 6.42 Å². The lowest BCUT2D eigenvalue weighted by Crippen LogP contribution is -1.88. The Morgan fingerprint density at radius 3 is 2.58 bits per heavy atom. The van der Waals surface area contributed by atoms with Crippen molar-refractivity contribution in [2.24, 2.45) is 0 Å². The second-order valence-electron chi connectivity index (χ2n) is 2.75. The van der Waals surface area contributed by atoms with Crippen molar-refractivity contribution in [3.05, 3.63) is 35.4 Å². The maximum atomic E-state index is 9.38. The normalized spacial score (nSPS) is 19.4. The quantitative estimate of drug-likeness (QED) is 0.625. The SMILES string of the molecule is CC.O[C@H]1CCc2ccccc21. The highest BCUT2D eigenvalue weighted by atomic mass is 16.3. The summed E-state index contributed by atoms with van der Waals surface area (Å²) in [6.07, 6.45) is 1.74. The van der Waals surface area contributed by atoms with Gasteiger partial charge in [-0.05, 0) is 24.0 Å². The van der Waals surface area contributed by atoms with Crippen molar-refractivity contribution in [3.8, 4) is 0 Å². The molecule has 66 valence electrons. The summed E-state index contributed by atoms with van der Waals surface area (Å²) >= 11 is 0. The number of aliphatic hydroxyl groups is 1. The van der Waals surface area contributed by atoms with Crippen LogP contribution in [0.25, 0.3) is 0 Å². The first kappa shape index (κ1) is 9.27. The van der Waals surface area contributed by atoms with Crippen molar-refractivity contribution >= 4 is 0 Å². The summed E-state index contributed by atoms with van der Waals surface area (Å²) < 4.78 is 0. The van der Waals surface area contributed by atoms with E-state index in [0.29, 0.717) is 0 Å². The minimum Gasteiger partial charge on any atom is -0.388 e. The van der Waals surface area contributed by atoms with E-state index in [1.807, 2.05) is 32.0 Å². The van der Waals surface area contributed by atoms with E-state index < -0.39 is 0 Å². The molecule has 2 rings (SSSR count). The molecule has 0 aromatic heterocycles. The Hall–Kier alpha value is -0.820. The number of aliphatic hydroxyl groups excluding tert-OH is 1. The monoisotopic (exact) mass is 164 g/mol. The van der Waals surface area contributed by atoms with Crippen LogP contribution >= 0.6 is 0 Å². The Morgan fingerprint density at radius 1 is 1.25 bits per heavy atom. The maximum Gasteiger partial charge on any atom is 0.0795 e. The summed E-state index contributed by atoms with van der Waals surface area (Å²) in [5.74, 6) is 0. The van der Waals surface area contributed by atoms with Crippen LogP contribution < -0.4 is 0 Å². The fourth-order valence-electron chi connectivity index (χ4n) is 1.53. The Balaban J connectivity index is 0.000000336. The third kappa shape index (κ3) is 1.67. The molecule has 0 saturated heterocycles. The van der Waals surface area contributed by atoms with E-state index in [4.69, 9.17) is 0 Å². The van der Waals surface area contributed by atoms with E-state index in [0.717, 1.165) is 18.4 Å². The molecule has 12 heavy (non-hydrogen) atoms. The summed E-state index contributed by atoms with van der Waals surface area (Å²) in [4.78, 5) is 0. The average molecular weight is 164 g/mol. The third-order valence-corrected chi connectivity index (χ3v) is 2.10. The topological polar surface area (TPSA) is 20.2 Å². The molecule has 1 aromatic carbocycles. The van der Waals surface area contributed by atoms with Crippen LogP contribution in [0.15, 0.2) is 24.3 Å². The molecule has 0 bridgehead atoms. The lowest BCUT2D eigenvalue weighted by Gasteiger charge is -2.00. The summed E-state index contributed by atoms with van der Waals surface area (Å²) in [6.45, 7) is 4.00. The highest BCUT2D eigenvalue weighted by molar-refractivity contribution is 5.32. The molecule has 1 atom stereocenters. The van der Waals surface area contributed by atoms with Crippen LogP contribution in [-0.4, -0.2) is 5.11 Å². The first-order valence-electron chi connectivity index (χ1n) is 4.64. The second-order valence-corrected chi connectivity index (χ2v) is 2.75. The fourth-order valence-corrected chi connectivity index (χ4v) is 1.53. The largest absolute Gasteiger partial charge is 0.388 e. The van der Waals surface area contributed by atoms with E-state index in [2.05, 4.69) is 6.07 Å². The molecule has 1 aromatic rings. The number of hydrogen-bond acceptors (Lipinski definition) is 1. The zero-order valence-corrected chi connectivity index (χ0v) is 7.75. The predicted molar refractivity (Wildman–Crippen MR) is 51.1 cm³/mol. The van der Waals surface area contributed by atoms with Crippen molar-refractivity contribution < 1.29 is 5.11 Å². The molecular weight excluding hydrogens is 148 g/mol. The Bertz CT molecular complexity index is 243. The summed E-state index contributed by atoms with van der Waals surface area (Å²) in [7, 11) is 0. The third-order valence-electron chi connectivity index (χ3n) is 2.10. The molecule has 0 fully saturated rings. The van der Waals surface area contributed by atoms with Gasteiger partial charge in [-0.1, -0.05) is 38.1 Å². The van der Waals surface area contributed by atoms with E-state index in [1.165, 1.54) is 5.56 Å². The number of aryl methyl sites for hydroxylation is 1. The highest BCUT2D eigenvalue weighted by Crippen LogP contribution is 2.29. The van der Waals surface area contributed by atoms with Gasteiger partial charge in [0.25, 0.3) is 0 Å². The zero-order valence-electron chi connectivity index (χ0n) is 7.75. The molecule has 0 amide bonds. The molecular formula is C11H16O. The minimum absolute atomic E-state index is 0.198. The molecule has 1 heteroatoms. The molecule has 1 aliphatic rings. The van der Waals surface area contributed by atoms with Gasteiger partial charge in [-0.15, -0.1) is 0 Å². The second kappa shape index (κ2) is 4.27. The first-order chi connectivity index (χ1) is 5.88. The molecule has 0 heterocycles. The van der Waals surface area contributed by atoms with Gasteiger partial charge in [0.05, 0.1) is 6.10 Å². The van der Waals surface area contributed by atoms with E-state index >= 15 is 0 Å². The van der Waals surface area contributed by atoms with Crippen molar-refractivity contribution in [1.29, 1.82) is 0 Å². The number of fused-ring (bicyclic) bond motifs is 1. The Kier molecular flexibility index (Phi) is 3.30. The Labute approximate surface area is 74.1 Å². The van der Waals surface area contributed by atoms with Crippen LogP contribution in [0.1, 0.15) is 37.5 Å². The van der Waals surface area contributed by atoms with E-state index in [1.54, 1.807) is 0 Å². The van der Waals surface area contributed by atoms with Gasteiger partial charge in [-0.25, -0.2) is 0 Å². The van der Waals surface area contributed by atoms with Crippen molar-refractivity contribution in [3.63, 3.8) is 0 Å².